The molecular formula is C10H12FO2. The highest BCUT2D eigenvalue weighted by Gasteiger charge is 1.95. The molecule has 0 aliphatic heterocycles. The lowest BCUT2D eigenvalue weighted by atomic mass is 10.3. The Balaban J connectivity index is 2.28. The number of hydrogen-bond acceptors (Lipinski definition) is 2. The lowest BCUT2D eigenvalue weighted by Crippen LogP contribution is -2.06. The van der Waals surface area contributed by atoms with E-state index in [-0.39, 0.29) is 0 Å². The molecule has 0 atom stereocenters. The molecule has 1 radical (unpaired) electrons. The van der Waals surface area contributed by atoms with Gasteiger partial charge in [0.2, 0.25) is 0 Å². The Morgan fingerprint density at radius 2 is 2.31 bits per heavy atom. The van der Waals surface area contributed by atoms with Crippen molar-refractivity contribution in [3.8, 4) is 5.75 Å². The molecule has 0 heterocycles. The van der Waals surface area contributed by atoms with Crippen molar-refractivity contribution in [2.75, 3.05) is 19.8 Å². The molecule has 0 unspecified atom stereocenters. The van der Waals surface area contributed by atoms with Crippen LogP contribution in [0.3, 0.4) is 0 Å². The third kappa shape index (κ3) is 3.90. The van der Waals surface area contributed by atoms with E-state index in [1.165, 1.54) is 12.1 Å². The summed E-state index contributed by atoms with van der Waals surface area (Å²) in [5.41, 5.74) is 0. The molecule has 0 amide bonds. The molecule has 0 fully saturated rings. The van der Waals surface area contributed by atoms with E-state index >= 15 is 0 Å². The molecule has 0 aromatic heterocycles. The molecule has 0 saturated carbocycles. The smallest absolute Gasteiger partial charge is 0.134 e. The van der Waals surface area contributed by atoms with Crippen LogP contribution in [0.5, 0.6) is 5.75 Å². The van der Waals surface area contributed by atoms with Crippen LogP contribution in [-0.4, -0.2) is 19.8 Å². The van der Waals surface area contributed by atoms with Gasteiger partial charge in [0.1, 0.15) is 18.2 Å². The molecule has 0 bridgehead atoms. The molecule has 0 saturated heterocycles. The van der Waals surface area contributed by atoms with Gasteiger partial charge in [-0.1, -0.05) is 0 Å². The first-order chi connectivity index (χ1) is 6.33. The highest BCUT2D eigenvalue weighted by atomic mass is 19.1. The van der Waals surface area contributed by atoms with Crippen LogP contribution in [0.4, 0.5) is 4.39 Å². The van der Waals surface area contributed by atoms with Crippen LogP contribution in [0, 0.1) is 11.9 Å². The van der Waals surface area contributed by atoms with Crippen LogP contribution in [0.25, 0.3) is 0 Å². The van der Waals surface area contributed by atoms with Crippen molar-refractivity contribution < 1.29 is 13.9 Å². The molecule has 0 N–H and O–H groups in total. The summed E-state index contributed by atoms with van der Waals surface area (Å²) in [7, 11) is 0. The summed E-state index contributed by atoms with van der Waals surface area (Å²) in [5.74, 6) is 0.102. The SMILES string of the molecule is CCOCCOc1cc[c]c(F)c1. The first-order valence-electron chi connectivity index (χ1n) is 4.20. The summed E-state index contributed by atoms with van der Waals surface area (Å²) < 4.78 is 22.8. The summed E-state index contributed by atoms with van der Waals surface area (Å²) in [4.78, 5) is 0. The van der Waals surface area contributed by atoms with Gasteiger partial charge in [0, 0.05) is 18.7 Å². The van der Waals surface area contributed by atoms with Crippen LogP contribution in [0.1, 0.15) is 6.92 Å². The van der Waals surface area contributed by atoms with Gasteiger partial charge < -0.3 is 9.47 Å². The lowest BCUT2D eigenvalue weighted by molar-refractivity contribution is 0.110. The third-order valence-electron chi connectivity index (χ3n) is 1.44. The van der Waals surface area contributed by atoms with Crippen molar-refractivity contribution in [1.29, 1.82) is 0 Å². The highest BCUT2D eigenvalue weighted by Crippen LogP contribution is 2.10. The molecule has 71 valence electrons. The van der Waals surface area contributed by atoms with Gasteiger partial charge in [0.15, 0.2) is 0 Å². The van der Waals surface area contributed by atoms with Gasteiger partial charge in [-0.25, -0.2) is 4.39 Å². The lowest BCUT2D eigenvalue weighted by Gasteiger charge is -2.05. The van der Waals surface area contributed by atoms with E-state index in [9.17, 15) is 4.39 Å². The maximum absolute atomic E-state index is 12.6. The summed E-state index contributed by atoms with van der Waals surface area (Å²) in [6.07, 6.45) is 0. The van der Waals surface area contributed by atoms with Crippen LogP contribution < -0.4 is 4.74 Å². The minimum atomic E-state index is -0.408. The Bertz CT molecular complexity index is 250. The molecule has 2 nitrogen and oxygen atoms in total. The maximum atomic E-state index is 12.6. The first kappa shape index (κ1) is 9.99. The average molecular weight is 183 g/mol. The Labute approximate surface area is 77.3 Å². The van der Waals surface area contributed by atoms with Gasteiger partial charge in [-0.2, -0.15) is 0 Å². The van der Waals surface area contributed by atoms with E-state index in [0.29, 0.717) is 25.6 Å². The second-order valence-electron chi connectivity index (χ2n) is 2.42. The molecule has 0 spiro atoms. The van der Waals surface area contributed by atoms with Gasteiger partial charge in [-0.15, -0.1) is 0 Å². The zero-order valence-electron chi connectivity index (χ0n) is 7.55. The Kier molecular flexibility index (Phi) is 4.26. The maximum Gasteiger partial charge on any atom is 0.134 e. The predicted molar refractivity (Wildman–Crippen MR) is 47.2 cm³/mol. The molecule has 3 heteroatoms. The second-order valence-corrected chi connectivity index (χ2v) is 2.42. The first-order valence-corrected chi connectivity index (χ1v) is 4.20. The van der Waals surface area contributed by atoms with E-state index in [1.54, 1.807) is 6.07 Å². The largest absolute Gasteiger partial charge is 0.491 e. The van der Waals surface area contributed by atoms with Crippen LogP contribution in [-0.2, 0) is 4.74 Å². The van der Waals surface area contributed by atoms with Gasteiger partial charge in [-0.3, -0.25) is 0 Å². The zero-order chi connectivity index (χ0) is 9.52. The van der Waals surface area contributed by atoms with E-state index < -0.39 is 5.82 Å². The van der Waals surface area contributed by atoms with Gasteiger partial charge >= 0.3 is 0 Å². The van der Waals surface area contributed by atoms with E-state index in [1.807, 2.05) is 6.92 Å². The van der Waals surface area contributed by atoms with Crippen molar-refractivity contribution in [2.45, 2.75) is 6.92 Å². The Hall–Kier alpha value is -1.09. The molecular weight excluding hydrogens is 171 g/mol. The molecule has 0 aliphatic carbocycles. The van der Waals surface area contributed by atoms with Crippen molar-refractivity contribution >= 4 is 0 Å². The summed E-state index contributed by atoms with van der Waals surface area (Å²) >= 11 is 0. The minimum absolute atomic E-state index is 0.408. The van der Waals surface area contributed by atoms with Crippen molar-refractivity contribution in [2.24, 2.45) is 0 Å². The fourth-order valence-corrected chi connectivity index (χ4v) is 0.871. The average Bonchev–Trinajstić information content (AvgIpc) is 2.13. The van der Waals surface area contributed by atoms with Crippen molar-refractivity contribution in [1.82, 2.24) is 0 Å². The standard InChI is InChI=1S/C10H12FO2/c1-2-12-6-7-13-10-5-3-4-9(11)8-10/h3,5,8H,2,6-7H2,1H3. The second kappa shape index (κ2) is 5.54. The highest BCUT2D eigenvalue weighted by molar-refractivity contribution is 5.21. The molecule has 1 aromatic rings. The zero-order valence-corrected chi connectivity index (χ0v) is 7.55. The number of rotatable bonds is 5. The van der Waals surface area contributed by atoms with Crippen LogP contribution in [0.2, 0.25) is 0 Å². The summed E-state index contributed by atoms with van der Waals surface area (Å²) in [6.45, 7) is 3.55. The molecule has 13 heavy (non-hydrogen) atoms. The van der Waals surface area contributed by atoms with Crippen molar-refractivity contribution in [3.63, 3.8) is 0 Å². The van der Waals surface area contributed by atoms with E-state index in [0.717, 1.165) is 0 Å². The quantitative estimate of drug-likeness (QED) is 0.650. The topological polar surface area (TPSA) is 18.5 Å². The fraction of sp³-hybridized carbons (Fsp3) is 0.400. The predicted octanol–water partition coefficient (Wildman–Crippen LogP) is 2.04. The molecule has 0 aliphatic rings. The van der Waals surface area contributed by atoms with E-state index in [2.05, 4.69) is 6.07 Å². The Morgan fingerprint density at radius 3 is 3.00 bits per heavy atom. The molecule has 1 rings (SSSR count). The number of ether oxygens (including phenoxy) is 2. The monoisotopic (exact) mass is 183 g/mol. The number of benzene rings is 1. The van der Waals surface area contributed by atoms with E-state index in [4.69, 9.17) is 9.47 Å². The summed E-state index contributed by atoms with van der Waals surface area (Å²) in [6, 6.07) is 6.85. The summed E-state index contributed by atoms with van der Waals surface area (Å²) in [5, 5.41) is 0. The van der Waals surface area contributed by atoms with Gasteiger partial charge in [0.25, 0.3) is 0 Å². The Morgan fingerprint density at radius 1 is 1.46 bits per heavy atom. The fourth-order valence-electron chi connectivity index (χ4n) is 0.871. The van der Waals surface area contributed by atoms with Gasteiger partial charge in [-0.05, 0) is 19.1 Å². The molecule has 1 aromatic carbocycles. The number of hydrogen-bond donors (Lipinski definition) is 0. The normalized spacial score (nSPS) is 10.0. The van der Waals surface area contributed by atoms with Gasteiger partial charge in [0.05, 0.1) is 6.61 Å². The third-order valence-corrected chi connectivity index (χ3v) is 1.44. The van der Waals surface area contributed by atoms with Crippen LogP contribution >= 0.6 is 0 Å². The minimum Gasteiger partial charge on any atom is -0.491 e. The van der Waals surface area contributed by atoms with Crippen LogP contribution in [0.15, 0.2) is 18.2 Å². The number of halogens is 1. The van der Waals surface area contributed by atoms with Crippen molar-refractivity contribution in [3.05, 3.63) is 30.1 Å².